The van der Waals surface area contributed by atoms with E-state index in [0.717, 1.165) is 24.0 Å². The summed E-state index contributed by atoms with van der Waals surface area (Å²) in [6, 6.07) is 11.9. The van der Waals surface area contributed by atoms with E-state index in [1.54, 1.807) is 18.5 Å². The zero-order chi connectivity index (χ0) is 24.8. The van der Waals surface area contributed by atoms with Crippen molar-refractivity contribution in [3.8, 4) is 0 Å². The molecule has 0 radical (unpaired) electrons. The summed E-state index contributed by atoms with van der Waals surface area (Å²) in [4.78, 5) is 31.3. The number of halogens is 1. The Balaban J connectivity index is 1.46. The van der Waals surface area contributed by atoms with Crippen molar-refractivity contribution in [3.63, 3.8) is 0 Å². The summed E-state index contributed by atoms with van der Waals surface area (Å²) in [6.45, 7) is 3.51. The molecule has 1 fully saturated rings. The predicted molar refractivity (Wildman–Crippen MR) is 133 cm³/mol. The number of rotatable bonds is 6. The number of nitrogens with zero attached hydrogens (tertiary/aromatic N) is 2. The maximum atomic E-state index is 14.4. The van der Waals surface area contributed by atoms with Gasteiger partial charge in [-0.2, -0.15) is 0 Å². The molecule has 2 aliphatic heterocycles. The lowest BCUT2D eigenvalue weighted by molar-refractivity contribution is -0.122. The number of hydrogen-bond donors (Lipinski definition) is 3. The van der Waals surface area contributed by atoms with E-state index in [2.05, 4.69) is 15.2 Å². The van der Waals surface area contributed by atoms with Crippen LogP contribution in [0.5, 0.6) is 0 Å². The smallest absolute Gasteiger partial charge is 0.259 e. The second-order valence-electron chi connectivity index (χ2n) is 9.20. The number of aromatic nitrogens is 2. The zero-order valence-electron chi connectivity index (χ0n) is 19.5. The topological polar surface area (TPSA) is 99.6 Å². The molecule has 3 N–H and O–H groups in total. The molecule has 2 aromatic heterocycles. The Kier molecular flexibility index (Phi) is 5.67. The van der Waals surface area contributed by atoms with Gasteiger partial charge in [-0.15, -0.1) is 0 Å². The monoisotopic (exact) mass is 488 g/mol. The highest BCUT2D eigenvalue weighted by atomic mass is 19.1. The Morgan fingerprint density at radius 2 is 1.72 bits per heavy atom. The van der Waals surface area contributed by atoms with Crippen LogP contribution >= 0.6 is 0 Å². The van der Waals surface area contributed by atoms with Crippen LogP contribution < -0.4 is 5.32 Å². The van der Waals surface area contributed by atoms with Crippen molar-refractivity contribution in [1.82, 2.24) is 19.8 Å². The SMILES string of the molecule is O=C1NC(=O)C(c2cn(CC(O)CN3CCOCC3)c3ccc(F)cc23)=C1c1c[nH]c2ccccc12. The molecule has 9 heteroatoms. The summed E-state index contributed by atoms with van der Waals surface area (Å²) < 4.78 is 21.6. The van der Waals surface area contributed by atoms with Crippen LogP contribution in [0, 0.1) is 5.82 Å². The minimum atomic E-state index is -0.683. The van der Waals surface area contributed by atoms with Gasteiger partial charge in [-0.1, -0.05) is 18.2 Å². The molecule has 0 bridgehead atoms. The van der Waals surface area contributed by atoms with Crippen molar-refractivity contribution in [2.24, 2.45) is 0 Å². The van der Waals surface area contributed by atoms with Gasteiger partial charge in [-0.05, 0) is 24.3 Å². The fourth-order valence-electron chi connectivity index (χ4n) is 5.23. The van der Waals surface area contributed by atoms with Crippen molar-refractivity contribution >= 4 is 44.8 Å². The number of morpholine rings is 1. The Labute approximate surface area is 205 Å². The first-order valence-electron chi connectivity index (χ1n) is 11.9. The van der Waals surface area contributed by atoms with Crippen molar-refractivity contribution in [2.45, 2.75) is 12.6 Å². The second-order valence-corrected chi connectivity index (χ2v) is 9.20. The number of ether oxygens (including phenoxy) is 1. The van der Waals surface area contributed by atoms with Crippen LogP contribution in [-0.4, -0.2) is 70.3 Å². The summed E-state index contributed by atoms with van der Waals surface area (Å²) >= 11 is 0. The van der Waals surface area contributed by atoms with Crippen LogP contribution in [-0.2, 0) is 20.9 Å². The Hall–Kier alpha value is -3.79. The minimum Gasteiger partial charge on any atom is -0.390 e. The number of amides is 2. The normalized spacial score (nSPS) is 17.9. The van der Waals surface area contributed by atoms with Crippen LogP contribution in [0.1, 0.15) is 11.1 Å². The number of aliphatic hydroxyl groups excluding tert-OH is 1. The van der Waals surface area contributed by atoms with Gasteiger partial charge in [0.1, 0.15) is 5.82 Å². The van der Waals surface area contributed by atoms with E-state index in [1.165, 1.54) is 12.1 Å². The summed E-state index contributed by atoms with van der Waals surface area (Å²) in [5, 5.41) is 14.6. The second kappa shape index (κ2) is 9.02. The Bertz CT molecular complexity index is 1530. The van der Waals surface area contributed by atoms with E-state index in [4.69, 9.17) is 4.74 Å². The van der Waals surface area contributed by atoms with Crippen LogP contribution in [0.4, 0.5) is 4.39 Å². The van der Waals surface area contributed by atoms with E-state index in [-0.39, 0.29) is 17.7 Å². The first-order chi connectivity index (χ1) is 17.5. The summed E-state index contributed by atoms with van der Waals surface area (Å²) in [7, 11) is 0. The molecule has 8 nitrogen and oxygen atoms in total. The molecule has 36 heavy (non-hydrogen) atoms. The van der Waals surface area contributed by atoms with Gasteiger partial charge in [0.25, 0.3) is 11.8 Å². The van der Waals surface area contributed by atoms with Gasteiger partial charge in [0.15, 0.2) is 0 Å². The van der Waals surface area contributed by atoms with Crippen molar-refractivity contribution in [3.05, 3.63) is 71.8 Å². The average molecular weight is 489 g/mol. The van der Waals surface area contributed by atoms with E-state index in [1.807, 2.05) is 28.8 Å². The summed E-state index contributed by atoms with van der Waals surface area (Å²) in [5.74, 6) is -1.48. The molecule has 1 saturated heterocycles. The largest absolute Gasteiger partial charge is 0.390 e. The number of imide groups is 1. The number of para-hydroxylation sites is 1. The molecule has 2 amide bonds. The number of aliphatic hydroxyl groups is 1. The number of β-amino-alcohol motifs (C(OH)–C–C–N with tert-alkyl or cyclic N) is 1. The molecule has 2 aliphatic rings. The van der Waals surface area contributed by atoms with Crippen molar-refractivity contribution < 1.29 is 23.8 Å². The van der Waals surface area contributed by atoms with Gasteiger partial charge in [0.05, 0.1) is 30.5 Å². The summed E-state index contributed by atoms with van der Waals surface area (Å²) in [6.07, 6.45) is 2.76. The quantitative estimate of drug-likeness (QED) is 0.362. The van der Waals surface area contributed by atoms with Crippen LogP contribution in [0.15, 0.2) is 54.9 Å². The third-order valence-electron chi connectivity index (χ3n) is 6.88. The van der Waals surface area contributed by atoms with Gasteiger partial charge in [0, 0.05) is 71.5 Å². The number of H-pyrrole nitrogens is 1. The highest BCUT2D eigenvalue weighted by Gasteiger charge is 2.35. The average Bonchev–Trinajstić information content (AvgIpc) is 3.52. The van der Waals surface area contributed by atoms with E-state index < -0.39 is 23.7 Å². The lowest BCUT2D eigenvalue weighted by atomic mass is 9.95. The number of fused-ring (bicyclic) bond motifs is 2. The number of carbonyl (C=O) groups is 2. The first-order valence-corrected chi connectivity index (χ1v) is 11.9. The number of nitrogens with one attached hydrogen (secondary N) is 2. The molecule has 0 saturated carbocycles. The molecule has 4 heterocycles. The van der Waals surface area contributed by atoms with E-state index in [9.17, 15) is 19.1 Å². The fourth-order valence-corrected chi connectivity index (χ4v) is 5.23. The van der Waals surface area contributed by atoms with Gasteiger partial charge in [-0.25, -0.2) is 4.39 Å². The molecule has 1 unspecified atom stereocenters. The third-order valence-corrected chi connectivity index (χ3v) is 6.88. The molecular formula is C27H25FN4O4. The number of hydrogen-bond acceptors (Lipinski definition) is 5. The maximum absolute atomic E-state index is 14.4. The Morgan fingerprint density at radius 3 is 2.53 bits per heavy atom. The number of carbonyl (C=O) groups excluding carboxylic acids is 2. The molecule has 1 atom stereocenters. The molecule has 6 rings (SSSR count). The molecular weight excluding hydrogens is 463 g/mol. The van der Waals surface area contributed by atoms with Crippen LogP contribution in [0.2, 0.25) is 0 Å². The van der Waals surface area contributed by atoms with E-state index >= 15 is 0 Å². The van der Waals surface area contributed by atoms with Gasteiger partial charge < -0.3 is 19.4 Å². The number of benzene rings is 2. The minimum absolute atomic E-state index is 0.196. The molecule has 184 valence electrons. The maximum Gasteiger partial charge on any atom is 0.259 e. The van der Waals surface area contributed by atoms with E-state index in [0.29, 0.717) is 41.8 Å². The molecule has 2 aromatic carbocycles. The predicted octanol–water partition coefficient (Wildman–Crippen LogP) is 2.52. The molecule has 4 aromatic rings. The third kappa shape index (κ3) is 3.91. The number of aromatic amines is 1. The van der Waals surface area contributed by atoms with Gasteiger partial charge >= 0.3 is 0 Å². The zero-order valence-corrected chi connectivity index (χ0v) is 19.5. The molecule has 0 aliphatic carbocycles. The standard InChI is InChI=1S/C27H25FN4O4/c28-16-5-6-23-19(11-16)21(15-32(23)14-17(33)13-31-7-9-36-10-8-31)25-24(26(34)30-27(25)35)20-12-29-22-4-2-1-3-18(20)22/h1-6,11-12,15,17,29,33H,7-10,13-14H2,(H,30,34,35). The van der Waals surface area contributed by atoms with Crippen LogP contribution in [0.3, 0.4) is 0 Å². The van der Waals surface area contributed by atoms with Crippen molar-refractivity contribution in [2.75, 3.05) is 32.8 Å². The van der Waals surface area contributed by atoms with Gasteiger partial charge in [0.2, 0.25) is 0 Å². The molecule has 0 spiro atoms. The fraction of sp³-hybridized carbons (Fsp3) is 0.259. The van der Waals surface area contributed by atoms with Gasteiger partial charge in [-0.3, -0.25) is 19.8 Å². The lowest BCUT2D eigenvalue weighted by Gasteiger charge is -2.28. The first kappa shape index (κ1) is 22.7. The Morgan fingerprint density at radius 1 is 0.972 bits per heavy atom. The highest BCUT2D eigenvalue weighted by Crippen LogP contribution is 2.38. The highest BCUT2D eigenvalue weighted by molar-refractivity contribution is 6.50. The van der Waals surface area contributed by atoms with Crippen molar-refractivity contribution in [1.29, 1.82) is 0 Å². The van der Waals surface area contributed by atoms with Crippen LogP contribution in [0.25, 0.3) is 33.0 Å². The lowest BCUT2D eigenvalue weighted by Crippen LogP contribution is -2.41. The summed E-state index contributed by atoms with van der Waals surface area (Å²) in [5.41, 5.74) is 3.01.